The number of nitrogens with two attached hydrogens (primary N) is 1. The Bertz CT molecular complexity index is 1500. The Kier molecular flexibility index (Phi) is 3.00. The number of fused-ring (bicyclic) bond motifs is 6. The summed E-state index contributed by atoms with van der Waals surface area (Å²) in [4.78, 5) is 6.95. The van der Waals surface area contributed by atoms with Crippen LogP contribution in [0.5, 0.6) is 0 Å². The monoisotopic (exact) mass is 362 g/mol. The van der Waals surface area contributed by atoms with Crippen LogP contribution >= 0.6 is 0 Å². The summed E-state index contributed by atoms with van der Waals surface area (Å²) in [5.41, 5.74) is 13.3. The van der Waals surface area contributed by atoms with E-state index in [4.69, 9.17) is 5.73 Å². The smallest absolute Gasteiger partial charge is 0.0698 e. The van der Waals surface area contributed by atoms with E-state index in [2.05, 4.69) is 82.0 Å². The summed E-state index contributed by atoms with van der Waals surface area (Å²) in [6.07, 6.45) is 0. The Morgan fingerprint density at radius 2 is 1.21 bits per heavy atom. The van der Waals surface area contributed by atoms with Gasteiger partial charge in [-0.2, -0.15) is 0 Å². The van der Waals surface area contributed by atoms with Crippen LogP contribution < -0.4 is 11.1 Å². The van der Waals surface area contributed by atoms with Crippen LogP contribution in [0.15, 0.2) is 78.9 Å². The normalized spacial score (nSPS) is 11.7. The Balaban J connectivity index is 1.42. The first-order valence-electron chi connectivity index (χ1n) is 9.34. The lowest BCUT2D eigenvalue weighted by atomic mass is 10.1. The minimum atomic E-state index is 0.771. The van der Waals surface area contributed by atoms with Gasteiger partial charge in [0.2, 0.25) is 0 Å². The molecular weight excluding hydrogens is 344 g/mol. The molecule has 0 atom stereocenters. The first kappa shape index (κ1) is 15.2. The fourth-order valence-electron chi connectivity index (χ4n) is 4.13. The lowest BCUT2D eigenvalue weighted by Crippen LogP contribution is -1.89. The molecule has 0 spiro atoms. The summed E-state index contributed by atoms with van der Waals surface area (Å²) in [5.74, 6) is 0. The van der Waals surface area contributed by atoms with E-state index in [1.54, 1.807) is 0 Å². The lowest BCUT2D eigenvalue weighted by Gasteiger charge is -2.07. The summed E-state index contributed by atoms with van der Waals surface area (Å²) in [6, 6.07) is 27.2. The van der Waals surface area contributed by atoms with Gasteiger partial charge in [-0.05, 0) is 36.4 Å². The van der Waals surface area contributed by atoms with Crippen molar-refractivity contribution in [1.82, 2.24) is 9.97 Å². The molecule has 4 heteroatoms. The van der Waals surface area contributed by atoms with Gasteiger partial charge in [-0.1, -0.05) is 42.5 Å². The molecule has 28 heavy (non-hydrogen) atoms. The molecule has 5 N–H and O–H groups in total. The molecule has 6 aromatic rings. The number of H-pyrrole nitrogens is 2. The molecule has 0 aliphatic rings. The van der Waals surface area contributed by atoms with Crippen molar-refractivity contribution >= 4 is 60.7 Å². The fourth-order valence-corrected chi connectivity index (χ4v) is 4.13. The molecular formula is C24H18N4. The van der Waals surface area contributed by atoms with Crippen LogP contribution in [0.25, 0.3) is 43.6 Å². The van der Waals surface area contributed by atoms with Crippen molar-refractivity contribution in [2.75, 3.05) is 11.1 Å². The number of para-hydroxylation sites is 2. The number of benzene rings is 4. The predicted molar refractivity (Wildman–Crippen MR) is 119 cm³/mol. The van der Waals surface area contributed by atoms with Crippen LogP contribution in [0.2, 0.25) is 0 Å². The number of rotatable bonds is 2. The first-order valence-corrected chi connectivity index (χ1v) is 9.34. The second kappa shape index (κ2) is 5.54. The van der Waals surface area contributed by atoms with Crippen molar-refractivity contribution in [3.63, 3.8) is 0 Å². The number of aromatic nitrogens is 2. The maximum atomic E-state index is 6.12. The van der Waals surface area contributed by atoms with Gasteiger partial charge in [-0.15, -0.1) is 0 Å². The zero-order valence-corrected chi connectivity index (χ0v) is 15.1. The van der Waals surface area contributed by atoms with Crippen LogP contribution in [0, 0.1) is 0 Å². The molecule has 134 valence electrons. The summed E-state index contributed by atoms with van der Waals surface area (Å²) in [6.45, 7) is 0. The molecule has 4 aromatic carbocycles. The molecule has 0 unspecified atom stereocenters. The first-order chi connectivity index (χ1) is 13.8. The Morgan fingerprint density at radius 1 is 0.571 bits per heavy atom. The largest absolute Gasteiger partial charge is 0.397 e. The van der Waals surface area contributed by atoms with Gasteiger partial charge in [0, 0.05) is 49.5 Å². The van der Waals surface area contributed by atoms with Gasteiger partial charge < -0.3 is 21.0 Å². The van der Waals surface area contributed by atoms with Gasteiger partial charge in [0.05, 0.1) is 11.2 Å². The average molecular weight is 362 g/mol. The van der Waals surface area contributed by atoms with Crippen molar-refractivity contribution < 1.29 is 0 Å². The minimum absolute atomic E-state index is 0.771. The highest BCUT2D eigenvalue weighted by molar-refractivity contribution is 6.11. The van der Waals surface area contributed by atoms with Crippen LogP contribution in [-0.4, -0.2) is 9.97 Å². The standard InChI is InChI=1S/C24H18N4/c25-20-6-3-5-19-18-11-9-15(13-23(18)28-24(19)20)26-14-8-10-17-16-4-1-2-7-21(16)27-22(17)12-14/h1-13,26-28H,25H2. The van der Waals surface area contributed by atoms with Crippen molar-refractivity contribution in [2.24, 2.45) is 0 Å². The van der Waals surface area contributed by atoms with Gasteiger partial charge >= 0.3 is 0 Å². The van der Waals surface area contributed by atoms with Crippen molar-refractivity contribution in [3.8, 4) is 0 Å². The third-order valence-corrected chi connectivity index (χ3v) is 5.46. The Morgan fingerprint density at radius 3 is 2.04 bits per heavy atom. The van der Waals surface area contributed by atoms with Gasteiger partial charge in [-0.3, -0.25) is 0 Å². The molecule has 0 amide bonds. The highest BCUT2D eigenvalue weighted by atomic mass is 14.9. The van der Waals surface area contributed by atoms with E-state index in [1.165, 1.54) is 16.2 Å². The zero-order chi connectivity index (χ0) is 18.7. The lowest BCUT2D eigenvalue weighted by molar-refractivity contribution is 1.51. The van der Waals surface area contributed by atoms with E-state index in [9.17, 15) is 0 Å². The molecule has 0 aliphatic heterocycles. The number of hydrogen-bond acceptors (Lipinski definition) is 2. The topological polar surface area (TPSA) is 69.6 Å². The SMILES string of the molecule is Nc1cccc2c1[nH]c1cc(Nc3ccc4c(c3)[nH]c3ccccc34)ccc12. The molecule has 0 radical (unpaired) electrons. The second-order valence-corrected chi connectivity index (χ2v) is 7.21. The maximum absolute atomic E-state index is 6.12. The van der Waals surface area contributed by atoms with E-state index < -0.39 is 0 Å². The van der Waals surface area contributed by atoms with Gasteiger partial charge in [0.25, 0.3) is 0 Å². The number of nitrogens with one attached hydrogen (secondary N) is 3. The van der Waals surface area contributed by atoms with Crippen molar-refractivity contribution in [3.05, 3.63) is 78.9 Å². The highest BCUT2D eigenvalue weighted by Gasteiger charge is 2.08. The third kappa shape index (κ3) is 2.18. The summed E-state index contributed by atoms with van der Waals surface area (Å²) in [7, 11) is 0. The third-order valence-electron chi connectivity index (χ3n) is 5.46. The zero-order valence-electron chi connectivity index (χ0n) is 15.1. The molecule has 2 aromatic heterocycles. The molecule has 0 saturated carbocycles. The molecule has 0 bridgehead atoms. The van der Waals surface area contributed by atoms with E-state index >= 15 is 0 Å². The highest BCUT2D eigenvalue weighted by Crippen LogP contribution is 2.32. The van der Waals surface area contributed by atoms with Gasteiger partial charge in [-0.25, -0.2) is 0 Å². The molecule has 6 rings (SSSR count). The van der Waals surface area contributed by atoms with Crippen molar-refractivity contribution in [1.29, 1.82) is 0 Å². The van der Waals surface area contributed by atoms with Crippen LogP contribution in [0.3, 0.4) is 0 Å². The molecule has 0 fully saturated rings. The Labute approximate surface area is 161 Å². The minimum Gasteiger partial charge on any atom is -0.397 e. The van der Waals surface area contributed by atoms with E-state index in [0.717, 1.165) is 44.5 Å². The maximum Gasteiger partial charge on any atom is 0.0698 e. The average Bonchev–Trinajstić information content (AvgIpc) is 3.26. The van der Waals surface area contributed by atoms with Crippen molar-refractivity contribution in [2.45, 2.75) is 0 Å². The van der Waals surface area contributed by atoms with E-state index in [-0.39, 0.29) is 0 Å². The fraction of sp³-hybridized carbons (Fsp3) is 0. The number of nitrogen functional groups attached to an aromatic ring is 1. The predicted octanol–water partition coefficient (Wildman–Crippen LogP) is 6.28. The van der Waals surface area contributed by atoms with E-state index in [0.29, 0.717) is 0 Å². The van der Waals surface area contributed by atoms with Crippen LogP contribution in [0.4, 0.5) is 17.1 Å². The Hall–Kier alpha value is -3.92. The number of aromatic amines is 2. The van der Waals surface area contributed by atoms with Gasteiger partial charge in [0.1, 0.15) is 0 Å². The molecule has 4 nitrogen and oxygen atoms in total. The van der Waals surface area contributed by atoms with Crippen LogP contribution in [-0.2, 0) is 0 Å². The summed E-state index contributed by atoms with van der Waals surface area (Å²) < 4.78 is 0. The molecule has 0 saturated heterocycles. The van der Waals surface area contributed by atoms with E-state index in [1.807, 2.05) is 12.1 Å². The second-order valence-electron chi connectivity index (χ2n) is 7.21. The number of anilines is 3. The summed E-state index contributed by atoms with van der Waals surface area (Å²) >= 11 is 0. The number of hydrogen-bond donors (Lipinski definition) is 4. The summed E-state index contributed by atoms with van der Waals surface area (Å²) in [5, 5.41) is 8.34. The molecule has 0 aliphatic carbocycles. The quantitative estimate of drug-likeness (QED) is 0.274. The van der Waals surface area contributed by atoms with Gasteiger partial charge in [0.15, 0.2) is 0 Å². The molecule has 2 heterocycles. The van der Waals surface area contributed by atoms with Crippen LogP contribution in [0.1, 0.15) is 0 Å².